The molecule has 0 unspecified atom stereocenters. The van der Waals surface area contributed by atoms with Crippen molar-refractivity contribution < 1.29 is 23.1 Å². The van der Waals surface area contributed by atoms with Crippen molar-refractivity contribution in [2.24, 2.45) is 5.92 Å². The molecule has 0 bridgehead atoms. The van der Waals surface area contributed by atoms with E-state index in [1.807, 2.05) is 0 Å². The molecule has 0 radical (unpaired) electrons. The number of urea groups is 1. The maximum atomic E-state index is 12.6. The number of piperidine rings is 1. The lowest BCUT2D eigenvalue weighted by atomic mass is 9.97. The molecule has 2 heterocycles. The zero-order chi connectivity index (χ0) is 21.9. The van der Waals surface area contributed by atoms with E-state index >= 15 is 0 Å². The zero-order valence-corrected chi connectivity index (χ0v) is 17.8. The molecule has 0 spiro atoms. The number of benzene rings is 1. The molecular weight excluding hydrogens is 415 g/mol. The Morgan fingerprint density at radius 1 is 1.27 bits per heavy atom. The van der Waals surface area contributed by atoms with Gasteiger partial charge in [0.25, 0.3) is 0 Å². The maximum absolute atomic E-state index is 12.6. The van der Waals surface area contributed by atoms with Crippen LogP contribution in [0.4, 0.5) is 23.7 Å². The van der Waals surface area contributed by atoms with Gasteiger partial charge in [-0.15, -0.1) is 11.3 Å². The SMILES string of the molecule is CC(C)Cc1nc(C2CCN(C(=O)Nc3ccc(C(F)(F)F)cc3)CC2)sc1CO. The van der Waals surface area contributed by atoms with Crippen LogP contribution in [0.1, 0.15) is 53.7 Å². The molecule has 0 aliphatic carbocycles. The van der Waals surface area contributed by atoms with Crippen molar-refractivity contribution >= 4 is 23.1 Å². The summed E-state index contributed by atoms with van der Waals surface area (Å²) in [5.41, 5.74) is 0.555. The minimum atomic E-state index is -4.40. The van der Waals surface area contributed by atoms with Crippen LogP contribution in [0, 0.1) is 5.92 Å². The van der Waals surface area contributed by atoms with Crippen molar-refractivity contribution in [3.05, 3.63) is 45.4 Å². The Hall–Kier alpha value is -2.13. The van der Waals surface area contributed by atoms with Gasteiger partial charge in [-0.2, -0.15) is 13.2 Å². The third-order valence-electron chi connectivity index (χ3n) is 5.13. The molecule has 2 amide bonds. The molecule has 1 aromatic heterocycles. The van der Waals surface area contributed by atoms with Gasteiger partial charge in [-0.05, 0) is 49.4 Å². The van der Waals surface area contributed by atoms with Gasteiger partial charge in [-0.25, -0.2) is 9.78 Å². The van der Waals surface area contributed by atoms with E-state index < -0.39 is 11.7 Å². The Kier molecular flexibility index (Phi) is 7.02. The van der Waals surface area contributed by atoms with E-state index in [1.165, 1.54) is 12.1 Å². The summed E-state index contributed by atoms with van der Waals surface area (Å²) in [5, 5.41) is 13.3. The van der Waals surface area contributed by atoms with Crippen LogP contribution in [0.25, 0.3) is 0 Å². The molecule has 30 heavy (non-hydrogen) atoms. The molecule has 1 aromatic carbocycles. The molecular formula is C21H26F3N3O2S. The highest BCUT2D eigenvalue weighted by Gasteiger charge is 2.30. The summed E-state index contributed by atoms with van der Waals surface area (Å²) in [6.07, 6.45) is -2.04. The van der Waals surface area contributed by atoms with Gasteiger partial charge in [0.15, 0.2) is 0 Å². The molecule has 2 N–H and O–H groups in total. The highest BCUT2D eigenvalue weighted by molar-refractivity contribution is 7.11. The number of amides is 2. The summed E-state index contributed by atoms with van der Waals surface area (Å²) in [6, 6.07) is 4.12. The van der Waals surface area contributed by atoms with Crippen LogP contribution >= 0.6 is 11.3 Å². The quantitative estimate of drug-likeness (QED) is 0.665. The number of nitrogens with zero attached hydrogens (tertiary/aromatic N) is 2. The third-order valence-corrected chi connectivity index (χ3v) is 6.38. The summed E-state index contributed by atoms with van der Waals surface area (Å²) in [4.78, 5) is 19.8. The van der Waals surface area contributed by atoms with E-state index in [4.69, 9.17) is 4.98 Å². The first-order chi connectivity index (χ1) is 14.2. The zero-order valence-electron chi connectivity index (χ0n) is 17.0. The minimum Gasteiger partial charge on any atom is -0.391 e. The molecule has 0 saturated carbocycles. The summed E-state index contributed by atoms with van der Waals surface area (Å²) >= 11 is 1.55. The van der Waals surface area contributed by atoms with E-state index in [2.05, 4.69) is 19.2 Å². The van der Waals surface area contributed by atoms with Gasteiger partial charge in [-0.1, -0.05) is 13.8 Å². The number of likely N-dealkylation sites (tertiary alicyclic amines) is 1. The van der Waals surface area contributed by atoms with E-state index in [-0.39, 0.29) is 18.6 Å². The Morgan fingerprint density at radius 3 is 2.43 bits per heavy atom. The van der Waals surface area contributed by atoms with Crippen molar-refractivity contribution in [2.75, 3.05) is 18.4 Å². The fraction of sp³-hybridized carbons (Fsp3) is 0.524. The molecule has 1 aliphatic rings. The maximum Gasteiger partial charge on any atom is 0.416 e. The predicted molar refractivity (Wildman–Crippen MR) is 111 cm³/mol. The first kappa shape index (κ1) is 22.6. The monoisotopic (exact) mass is 441 g/mol. The molecule has 1 fully saturated rings. The van der Waals surface area contributed by atoms with E-state index in [0.717, 1.165) is 47.0 Å². The van der Waals surface area contributed by atoms with E-state index in [9.17, 15) is 23.1 Å². The Balaban J connectivity index is 1.56. The lowest BCUT2D eigenvalue weighted by Gasteiger charge is -2.31. The van der Waals surface area contributed by atoms with Crippen molar-refractivity contribution in [3.8, 4) is 0 Å². The number of halogens is 3. The van der Waals surface area contributed by atoms with Crippen molar-refractivity contribution in [1.29, 1.82) is 0 Å². The number of aliphatic hydroxyl groups excluding tert-OH is 1. The average Bonchev–Trinajstić information content (AvgIpc) is 3.10. The van der Waals surface area contributed by atoms with Crippen molar-refractivity contribution in [2.45, 2.75) is 51.8 Å². The number of hydrogen-bond acceptors (Lipinski definition) is 4. The number of alkyl halides is 3. The number of carbonyl (C=O) groups excluding carboxylic acids is 1. The van der Waals surface area contributed by atoms with Crippen LogP contribution in [0.3, 0.4) is 0 Å². The number of aromatic nitrogens is 1. The predicted octanol–water partition coefficient (Wildman–Crippen LogP) is 5.26. The summed E-state index contributed by atoms with van der Waals surface area (Å²) in [7, 11) is 0. The number of anilines is 1. The molecule has 5 nitrogen and oxygen atoms in total. The highest BCUT2D eigenvalue weighted by Crippen LogP contribution is 2.34. The molecule has 1 saturated heterocycles. The molecule has 9 heteroatoms. The Morgan fingerprint density at radius 2 is 1.90 bits per heavy atom. The van der Waals surface area contributed by atoms with Gasteiger partial charge < -0.3 is 15.3 Å². The van der Waals surface area contributed by atoms with Crippen LogP contribution in [0.2, 0.25) is 0 Å². The minimum absolute atomic E-state index is 0.00585. The number of rotatable bonds is 5. The topological polar surface area (TPSA) is 65.5 Å². The molecule has 0 atom stereocenters. The lowest BCUT2D eigenvalue weighted by Crippen LogP contribution is -2.40. The summed E-state index contributed by atoms with van der Waals surface area (Å²) in [6.45, 7) is 5.32. The van der Waals surface area contributed by atoms with Gasteiger partial charge in [0.05, 0.1) is 27.7 Å². The number of thiazole rings is 1. The van der Waals surface area contributed by atoms with Crippen molar-refractivity contribution in [3.63, 3.8) is 0 Å². The standard InChI is InChI=1S/C21H26F3N3O2S/c1-13(2)11-17-18(12-28)30-19(26-17)14-7-9-27(10-8-14)20(29)25-16-5-3-15(4-6-16)21(22,23)24/h3-6,13-14,28H,7-12H2,1-2H3,(H,25,29). The number of aliphatic hydroxyl groups is 1. The highest BCUT2D eigenvalue weighted by atomic mass is 32.1. The number of hydrogen-bond donors (Lipinski definition) is 2. The second-order valence-corrected chi connectivity index (χ2v) is 9.06. The Bertz CT molecular complexity index is 857. The summed E-state index contributed by atoms with van der Waals surface area (Å²) in [5.74, 6) is 0.706. The van der Waals surface area contributed by atoms with Gasteiger partial charge in [0.2, 0.25) is 0 Å². The van der Waals surface area contributed by atoms with Gasteiger partial charge in [-0.3, -0.25) is 0 Å². The van der Waals surface area contributed by atoms with E-state index in [0.29, 0.717) is 24.7 Å². The second-order valence-electron chi connectivity index (χ2n) is 7.94. The summed E-state index contributed by atoms with van der Waals surface area (Å²) < 4.78 is 37.9. The van der Waals surface area contributed by atoms with E-state index in [1.54, 1.807) is 16.2 Å². The Labute approximate surface area is 177 Å². The van der Waals surface area contributed by atoms with Crippen LogP contribution < -0.4 is 5.32 Å². The fourth-order valence-electron chi connectivity index (χ4n) is 3.52. The fourth-order valence-corrected chi connectivity index (χ4v) is 4.64. The molecule has 1 aliphatic heterocycles. The van der Waals surface area contributed by atoms with Gasteiger partial charge >= 0.3 is 12.2 Å². The second kappa shape index (κ2) is 9.34. The van der Waals surface area contributed by atoms with Crippen LogP contribution in [-0.2, 0) is 19.2 Å². The lowest BCUT2D eigenvalue weighted by molar-refractivity contribution is -0.137. The smallest absolute Gasteiger partial charge is 0.391 e. The molecule has 2 aromatic rings. The third kappa shape index (κ3) is 5.51. The first-order valence-electron chi connectivity index (χ1n) is 10.00. The molecule has 164 valence electrons. The number of carbonyl (C=O) groups is 1. The number of nitrogens with one attached hydrogen (secondary N) is 1. The first-order valence-corrected chi connectivity index (χ1v) is 10.8. The normalized spacial score (nSPS) is 15.6. The van der Waals surface area contributed by atoms with Crippen molar-refractivity contribution in [1.82, 2.24) is 9.88 Å². The van der Waals surface area contributed by atoms with Gasteiger partial charge in [0, 0.05) is 24.7 Å². The van der Waals surface area contributed by atoms with Crippen LogP contribution in [0.15, 0.2) is 24.3 Å². The largest absolute Gasteiger partial charge is 0.416 e. The van der Waals surface area contributed by atoms with Gasteiger partial charge in [0.1, 0.15) is 0 Å². The molecule has 3 rings (SSSR count). The average molecular weight is 442 g/mol. The van der Waals surface area contributed by atoms with Crippen LogP contribution in [0.5, 0.6) is 0 Å². The van der Waals surface area contributed by atoms with Crippen LogP contribution in [-0.4, -0.2) is 34.1 Å².